The lowest BCUT2D eigenvalue weighted by molar-refractivity contribution is 0.589. The Hall–Kier alpha value is -5.04. The fourth-order valence-corrected chi connectivity index (χ4v) is 5.69. The molecule has 2 aliphatic rings. The highest BCUT2D eigenvalue weighted by Gasteiger charge is 2.41. The van der Waals surface area contributed by atoms with Crippen LogP contribution >= 0.6 is 0 Å². The smallest absolute Gasteiger partial charge is 0.179 e. The largest absolute Gasteiger partial charge is 0.337 e. The highest BCUT2D eigenvalue weighted by Crippen LogP contribution is 2.48. The molecule has 0 saturated heterocycles. The summed E-state index contributed by atoms with van der Waals surface area (Å²) in [4.78, 5) is 17.3. The molecule has 5 aromatic rings. The van der Waals surface area contributed by atoms with Gasteiger partial charge in [-0.3, -0.25) is 0 Å². The van der Waals surface area contributed by atoms with Crippen molar-refractivity contribution in [3.05, 3.63) is 125 Å². The number of hydrogen-bond donors (Lipinski definition) is 1. The maximum atomic E-state index is 5.30. The molecule has 1 atom stereocenters. The average molecular weight is 552 g/mol. The van der Waals surface area contributed by atoms with E-state index in [1.54, 1.807) is 6.20 Å². The van der Waals surface area contributed by atoms with Gasteiger partial charge < -0.3 is 10.2 Å². The molecule has 208 valence electrons. The van der Waals surface area contributed by atoms with Crippen molar-refractivity contribution in [2.24, 2.45) is 9.98 Å². The molecule has 3 aromatic carbocycles. The normalized spacial score (nSPS) is 15.7. The summed E-state index contributed by atoms with van der Waals surface area (Å²) < 4.78 is 1.86. The Morgan fingerprint density at radius 1 is 0.786 bits per heavy atom. The van der Waals surface area contributed by atoms with Crippen molar-refractivity contribution in [2.45, 2.75) is 46.1 Å². The zero-order valence-corrected chi connectivity index (χ0v) is 24.5. The summed E-state index contributed by atoms with van der Waals surface area (Å²) in [6, 6.07) is 31.3. The molecule has 1 N–H and O–H groups in total. The number of benzene rings is 3. The van der Waals surface area contributed by atoms with E-state index >= 15 is 0 Å². The standard InChI is InChI=1S/C35H33N7/c1-22-13-19-26(20-14-22)37-32-34-39-33-30(23(2)40-42(33)29-12-8-9-21-36-29)31(24-15-17-25(18-16-24)35(3,4)5)41(34)28-11-7-6-10-27(28)38-32/h6-21,31H,1-5H3,(H,37,38)/t31-/m0/s1. The number of rotatable bonds is 3. The van der Waals surface area contributed by atoms with Crippen LogP contribution in [0.4, 0.5) is 22.9 Å². The van der Waals surface area contributed by atoms with Crippen molar-refractivity contribution >= 4 is 34.6 Å². The number of hydrogen-bond acceptors (Lipinski definition) is 6. The van der Waals surface area contributed by atoms with Crippen LogP contribution in [0.2, 0.25) is 0 Å². The molecule has 2 aliphatic heterocycles. The van der Waals surface area contributed by atoms with Crippen molar-refractivity contribution in [1.29, 1.82) is 0 Å². The topological polar surface area (TPSA) is 70.7 Å². The number of anilines is 2. The molecule has 0 unspecified atom stereocenters. The second-order valence-electron chi connectivity index (χ2n) is 11.9. The Balaban J connectivity index is 1.47. The van der Waals surface area contributed by atoms with Crippen molar-refractivity contribution < 1.29 is 0 Å². The molecule has 7 nitrogen and oxygen atoms in total. The third-order valence-corrected chi connectivity index (χ3v) is 7.91. The molecular formula is C35H33N7. The van der Waals surface area contributed by atoms with Crippen LogP contribution in [0.5, 0.6) is 0 Å². The van der Waals surface area contributed by atoms with Gasteiger partial charge in [0, 0.05) is 17.4 Å². The number of para-hydroxylation sites is 2. The average Bonchev–Trinajstić information content (AvgIpc) is 3.33. The molecule has 7 rings (SSSR count). The number of fused-ring (bicyclic) bond motifs is 4. The lowest BCUT2D eigenvalue weighted by atomic mass is 9.85. The minimum Gasteiger partial charge on any atom is -0.337 e. The number of pyridine rings is 1. The molecule has 0 radical (unpaired) electrons. The number of aliphatic imine (C=N–C) groups is 2. The van der Waals surface area contributed by atoms with Crippen LogP contribution in [-0.4, -0.2) is 26.4 Å². The van der Waals surface area contributed by atoms with E-state index in [4.69, 9.17) is 15.1 Å². The van der Waals surface area contributed by atoms with Gasteiger partial charge in [-0.2, -0.15) is 9.78 Å². The lowest BCUT2D eigenvalue weighted by Gasteiger charge is -2.40. The SMILES string of the molecule is Cc1ccc(NC2=Nc3ccccc3N3C2=Nc2c(c(C)nn2-c2ccccn2)[C@@H]3c2ccc(C(C)(C)C)cc2)cc1. The monoisotopic (exact) mass is 551 g/mol. The zero-order valence-electron chi connectivity index (χ0n) is 24.5. The second-order valence-corrected chi connectivity index (χ2v) is 11.9. The molecule has 7 heteroatoms. The maximum absolute atomic E-state index is 5.30. The van der Waals surface area contributed by atoms with Crippen LogP contribution in [0.1, 0.15) is 54.8 Å². The van der Waals surface area contributed by atoms with E-state index in [2.05, 4.69) is 117 Å². The predicted octanol–water partition coefficient (Wildman–Crippen LogP) is 7.98. The number of amidine groups is 2. The number of aryl methyl sites for hydroxylation is 2. The van der Waals surface area contributed by atoms with Gasteiger partial charge >= 0.3 is 0 Å². The second kappa shape index (κ2) is 9.80. The molecule has 0 aliphatic carbocycles. The number of nitrogens with one attached hydrogen (secondary N) is 1. The van der Waals surface area contributed by atoms with E-state index in [1.165, 1.54) is 11.1 Å². The number of aromatic nitrogens is 3. The Morgan fingerprint density at radius 3 is 2.24 bits per heavy atom. The minimum absolute atomic E-state index is 0.0537. The van der Waals surface area contributed by atoms with Gasteiger partial charge in [-0.25, -0.2) is 15.0 Å². The van der Waals surface area contributed by atoms with Gasteiger partial charge in [0.1, 0.15) is 0 Å². The Bertz CT molecular complexity index is 1840. The third-order valence-electron chi connectivity index (χ3n) is 7.91. The van der Waals surface area contributed by atoms with Gasteiger partial charge in [0.25, 0.3) is 0 Å². The summed E-state index contributed by atoms with van der Waals surface area (Å²) in [6.07, 6.45) is 1.78. The van der Waals surface area contributed by atoms with Crippen LogP contribution in [0.15, 0.2) is 107 Å². The molecular weight excluding hydrogens is 518 g/mol. The molecule has 0 saturated carbocycles. The van der Waals surface area contributed by atoms with Gasteiger partial charge in [0.05, 0.1) is 23.1 Å². The lowest BCUT2D eigenvalue weighted by Crippen LogP contribution is -2.46. The summed E-state index contributed by atoms with van der Waals surface area (Å²) in [7, 11) is 0. The molecule has 0 amide bonds. The quantitative estimate of drug-likeness (QED) is 0.247. The van der Waals surface area contributed by atoms with Crippen LogP contribution in [0.25, 0.3) is 5.82 Å². The van der Waals surface area contributed by atoms with E-state index in [9.17, 15) is 0 Å². The molecule has 0 spiro atoms. The van der Waals surface area contributed by atoms with E-state index in [0.717, 1.165) is 51.4 Å². The molecule has 2 aromatic heterocycles. The molecule has 4 heterocycles. The first-order chi connectivity index (χ1) is 20.3. The molecule has 0 bridgehead atoms. The number of nitrogens with zero attached hydrogens (tertiary/aromatic N) is 6. The van der Waals surface area contributed by atoms with E-state index in [1.807, 2.05) is 28.9 Å². The van der Waals surface area contributed by atoms with Crippen molar-refractivity contribution in [3.8, 4) is 5.82 Å². The Morgan fingerprint density at radius 2 is 1.52 bits per heavy atom. The summed E-state index contributed by atoms with van der Waals surface area (Å²) in [5, 5.41) is 8.57. The van der Waals surface area contributed by atoms with Crippen LogP contribution in [-0.2, 0) is 5.41 Å². The van der Waals surface area contributed by atoms with Crippen molar-refractivity contribution in [2.75, 3.05) is 10.2 Å². The first-order valence-electron chi connectivity index (χ1n) is 14.3. The molecule has 42 heavy (non-hydrogen) atoms. The van der Waals surface area contributed by atoms with Gasteiger partial charge in [0.15, 0.2) is 23.3 Å². The minimum atomic E-state index is -0.176. The van der Waals surface area contributed by atoms with Gasteiger partial charge in [0.2, 0.25) is 0 Å². The Labute approximate surface area is 246 Å². The van der Waals surface area contributed by atoms with Crippen LogP contribution in [0, 0.1) is 13.8 Å². The summed E-state index contributed by atoms with van der Waals surface area (Å²) in [5.74, 6) is 2.91. The third kappa shape index (κ3) is 4.38. The van der Waals surface area contributed by atoms with Crippen LogP contribution < -0.4 is 10.2 Å². The fraction of sp³-hybridized carbons (Fsp3) is 0.200. The highest BCUT2D eigenvalue weighted by atomic mass is 15.4. The summed E-state index contributed by atoms with van der Waals surface area (Å²) >= 11 is 0. The van der Waals surface area contributed by atoms with Crippen molar-refractivity contribution in [1.82, 2.24) is 14.8 Å². The summed E-state index contributed by atoms with van der Waals surface area (Å²) in [6.45, 7) is 10.9. The van der Waals surface area contributed by atoms with Gasteiger partial charge in [-0.1, -0.05) is 80.9 Å². The van der Waals surface area contributed by atoms with Gasteiger partial charge in [-0.15, -0.1) is 0 Å². The Kier molecular flexibility index (Phi) is 6.04. The van der Waals surface area contributed by atoms with E-state index in [0.29, 0.717) is 5.84 Å². The van der Waals surface area contributed by atoms with E-state index < -0.39 is 0 Å². The first-order valence-corrected chi connectivity index (χ1v) is 14.3. The zero-order chi connectivity index (χ0) is 29.0. The predicted molar refractivity (Wildman–Crippen MR) is 171 cm³/mol. The molecule has 0 fully saturated rings. The van der Waals surface area contributed by atoms with Crippen LogP contribution in [0.3, 0.4) is 0 Å². The van der Waals surface area contributed by atoms with E-state index in [-0.39, 0.29) is 11.5 Å². The first kappa shape index (κ1) is 25.9. The summed E-state index contributed by atoms with van der Waals surface area (Å²) in [5.41, 5.74) is 8.52. The fourth-order valence-electron chi connectivity index (χ4n) is 5.69. The maximum Gasteiger partial charge on any atom is 0.179 e. The highest BCUT2D eigenvalue weighted by molar-refractivity contribution is 6.51. The van der Waals surface area contributed by atoms with Gasteiger partial charge in [-0.05, 0) is 66.8 Å². The van der Waals surface area contributed by atoms with Crippen molar-refractivity contribution in [3.63, 3.8) is 0 Å².